The number of alkyl carbamates (subject to hydrolysis) is 1. The van der Waals surface area contributed by atoms with E-state index < -0.39 is 53.5 Å². The maximum absolute atomic E-state index is 14.2. The van der Waals surface area contributed by atoms with Crippen molar-refractivity contribution in [3.8, 4) is 0 Å². The number of rotatable bonds is 16. The van der Waals surface area contributed by atoms with E-state index >= 15 is 0 Å². The molecule has 0 aromatic heterocycles. The van der Waals surface area contributed by atoms with Crippen LogP contribution in [0.5, 0.6) is 0 Å². The van der Waals surface area contributed by atoms with Gasteiger partial charge in [-0.2, -0.15) is 0 Å². The Kier molecular flexibility index (Phi) is 15.8. The van der Waals surface area contributed by atoms with Crippen LogP contribution in [0.15, 0.2) is 24.3 Å². The molecule has 1 saturated heterocycles. The summed E-state index contributed by atoms with van der Waals surface area (Å²) < 4.78 is 18.9. The van der Waals surface area contributed by atoms with Crippen molar-refractivity contribution in [3.05, 3.63) is 35.6 Å². The summed E-state index contributed by atoms with van der Waals surface area (Å²) in [5, 5.41) is 11.2. The molecule has 274 valence electrons. The molecule has 1 saturated carbocycles. The van der Waals surface area contributed by atoms with Crippen molar-refractivity contribution in [1.29, 1.82) is 0 Å². The molecule has 5 amide bonds. The van der Waals surface area contributed by atoms with E-state index in [-0.39, 0.29) is 24.2 Å². The number of likely N-dealkylation sites (tertiary alicyclic amines) is 1. The lowest BCUT2D eigenvalue weighted by molar-refractivity contribution is -0.143. The Balaban J connectivity index is 1.73. The molecule has 49 heavy (non-hydrogen) atoms. The summed E-state index contributed by atoms with van der Waals surface area (Å²) in [6, 6.07) is 2.18. The summed E-state index contributed by atoms with van der Waals surface area (Å²) in [6.45, 7) is 8.09. The molecule has 1 aliphatic heterocycles. The second kappa shape index (κ2) is 19.4. The maximum Gasteiger partial charge on any atom is 0.408 e. The van der Waals surface area contributed by atoms with Crippen LogP contribution in [-0.4, -0.2) is 84.0 Å². The SMILES string of the molecule is C[C@H](NC(=O)OC(C)(C)C)C(=O)N[C@H](C(=O)N1CCC[C@H]1C(=O)N[C@@H](Cc1ccc(F)cc1)C(=O)NCCCCCCN)C1CCCCC1. The standard InChI is InChI=1S/C36H57FN6O6/c1-24(40-35(48)49-36(2,3)4)31(44)42-30(26-13-8-7-9-14-26)34(47)43-22-12-15-29(43)33(46)41-28(23-25-16-18-27(37)19-17-25)32(45)39-21-11-6-5-10-20-38/h16-19,24,26,28-30H,5-15,20-23,38H2,1-4H3,(H,39,45)(H,40,48)(H,41,46)(H,42,44)/t24-,28-,29-,30-/m0/s1. The first-order valence-corrected chi connectivity index (χ1v) is 17.9. The van der Waals surface area contributed by atoms with Crippen LogP contribution in [0.4, 0.5) is 9.18 Å². The summed E-state index contributed by atoms with van der Waals surface area (Å²) in [7, 11) is 0. The van der Waals surface area contributed by atoms with Gasteiger partial charge in [0, 0.05) is 19.5 Å². The van der Waals surface area contributed by atoms with Crippen LogP contribution in [-0.2, 0) is 30.3 Å². The number of carbonyl (C=O) groups excluding carboxylic acids is 5. The Hall–Kier alpha value is -3.74. The van der Waals surface area contributed by atoms with E-state index in [2.05, 4.69) is 21.3 Å². The Morgan fingerprint density at radius 2 is 1.57 bits per heavy atom. The van der Waals surface area contributed by atoms with Gasteiger partial charge in [0.2, 0.25) is 23.6 Å². The van der Waals surface area contributed by atoms with Gasteiger partial charge in [-0.05, 0) is 96.4 Å². The van der Waals surface area contributed by atoms with Crippen molar-refractivity contribution in [3.63, 3.8) is 0 Å². The van der Waals surface area contributed by atoms with Crippen LogP contribution in [0.25, 0.3) is 0 Å². The van der Waals surface area contributed by atoms with Crippen LogP contribution < -0.4 is 27.0 Å². The van der Waals surface area contributed by atoms with Crippen LogP contribution in [0, 0.1) is 11.7 Å². The van der Waals surface area contributed by atoms with Gasteiger partial charge in [-0.3, -0.25) is 19.2 Å². The molecule has 1 aromatic carbocycles. The van der Waals surface area contributed by atoms with Crippen LogP contribution >= 0.6 is 0 Å². The number of nitrogens with one attached hydrogen (secondary N) is 4. The van der Waals surface area contributed by atoms with Gasteiger partial charge in [-0.25, -0.2) is 9.18 Å². The number of unbranched alkanes of at least 4 members (excludes halogenated alkanes) is 3. The number of amides is 5. The van der Waals surface area contributed by atoms with E-state index in [1.807, 2.05) is 0 Å². The lowest BCUT2D eigenvalue weighted by Gasteiger charge is -2.35. The molecule has 13 heteroatoms. The molecule has 0 spiro atoms. The number of hydrogen-bond acceptors (Lipinski definition) is 7. The number of carbonyl (C=O) groups is 5. The number of hydrogen-bond donors (Lipinski definition) is 5. The summed E-state index contributed by atoms with van der Waals surface area (Å²) in [5.41, 5.74) is 5.50. The van der Waals surface area contributed by atoms with Gasteiger partial charge < -0.3 is 36.6 Å². The average molecular weight is 689 g/mol. The average Bonchev–Trinajstić information content (AvgIpc) is 3.55. The normalized spacial score (nSPS) is 18.6. The predicted molar refractivity (Wildman–Crippen MR) is 185 cm³/mol. The molecule has 0 bridgehead atoms. The quantitative estimate of drug-likeness (QED) is 0.166. The second-order valence-electron chi connectivity index (χ2n) is 14.3. The van der Waals surface area contributed by atoms with Crippen LogP contribution in [0.2, 0.25) is 0 Å². The van der Waals surface area contributed by atoms with Gasteiger partial charge in [0.15, 0.2) is 0 Å². The molecular weight excluding hydrogens is 631 g/mol. The van der Waals surface area contributed by atoms with Crippen molar-refractivity contribution in [2.75, 3.05) is 19.6 Å². The van der Waals surface area contributed by atoms with Crippen molar-refractivity contribution in [1.82, 2.24) is 26.2 Å². The van der Waals surface area contributed by atoms with Crippen molar-refractivity contribution in [2.24, 2.45) is 11.7 Å². The molecule has 2 aliphatic rings. The minimum Gasteiger partial charge on any atom is -0.444 e. The molecule has 3 rings (SSSR count). The van der Waals surface area contributed by atoms with E-state index in [9.17, 15) is 28.4 Å². The lowest BCUT2D eigenvalue weighted by Crippen LogP contribution is -2.59. The van der Waals surface area contributed by atoms with Crippen molar-refractivity contribution < 1.29 is 33.1 Å². The molecule has 1 aromatic rings. The smallest absolute Gasteiger partial charge is 0.408 e. The minimum absolute atomic E-state index is 0.120. The zero-order valence-electron chi connectivity index (χ0n) is 29.7. The molecule has 12 nitrogen and oxygen atoms in total. The monoisotopic (exact) mass is 688 g/mol. The first-order chi connectivity index (χ1) is 23.3. The highest BCUT2D eigenvalue weighted by Crippen LogP contribution is 2.29. The van der Waals surface area contributed by atoms with Crippen LogP contribution in [0.3, 0.4) is 0 Å². The van der Waals surface area contributed by atoms with Gasteiger partial charge in [-0.15, -0.1) is 0 Å². The Bertz CT molecular complexity index is 1250. The second-order valence-corrected chi connectivity index (χ2v) is 14.3. The largest absolute Gasteiger partial charge is 0.444 e. The van der Waals surface area contributed by atoms with E-state index in [1.165, 1.54) is 24.0 Å². The van der Waals surface area contributed by atoms with Gasteiger partial charge in [-0.1, -0.05) is 44.2 Å². The van der Waals surface area contributed by atoms with Crippen molar-refractivity contribution in [2.45, 2.75) is 135 Å². The predicted octanol–water partition coefficient (Wildman–Crippen LogP) is 3.46. The third-order valence-corrected chi connectivity index (χ3v) is 9.07. The third kappa shape index (κ3) is 13.2. The van der Waals surface area contributed by atoms with Gasteiger partial charge in [0.05, 0.1) is 0 Å². The highest BCUT2D eigenvalue weighted by Gasteiger charge is 2.42. The molecule has 2 fully saturated rings. The van der Waals surface area contributed by atoms with Crippen LogP contribution in [0.1, 0.15) is 104 Å². The molecule has 0 radical (unpaired) electrons. The molecular formula is C36H57FN6O6. The molecule has 0 unspecified atom stereocenters. The van der Waals surface area contributed by atoms with E-state index in [0.29, 0.717) is 38.0 Å². The topological polar surface area (TPSA) is 172 Å². The van der Waals surface area contributed by atoms with Crippen molar-refractivity contribution >= 4 is 29.7 Å². The summed E-state index contributed by atoms with van der Waals surface area (Å²) in [4.78, 5) is 68.5. The van der Waals surface area contributed by atoms with E-state index in [4.69, 9.17) is 10.5 Å². The summed E-state index contributed by atoms with van der Waals surface area (Å²) >= 11 is 0. The molecule has 6 N–H and O–H groups in total. The summed E-state index contributed by atoms with van der Waals surface area (Å²) in [5.74, 6) is -2.20. The minimum atomic E-state index is -0.960. The maximum atomic E-state index is 14.2. The number of nitrogens with two attached hydrogens (primary N) is 1. The zero-order chi connectivity index (χ0) is 36.0. The Labute approximate surface area is 290 Å². The molecule has 1 aliphatic carbocycles. The lowest BCUT2D eigenvalue weighted by atomic mass is 9.83. The Morgan fingerprint density at radius 1 is 0.898 bits per heavy atom. The number of nitrogens with zero attached hydrogens (tertiary/aromatic N) is 1. The Morgan fingerprint density at radius 3 is 2.22 bits per heavy atom. The summed E-state index contributed by atoms with van der Waals surface area (Å²) in [6.07, 6.45) is 8.37. The van der Waals surface area contributed by atoms with Gasteiger partial charge >= 0.3 is 6.09 Å². The fourth-order valence-electron chi connectivity index (χ4n) is 6.45. The third-order valence-electron chi connectivity index (χ3n) is 9.07. The highest BCUT2D eigenvalue weighted by atomic mass is 19.1. The molecule has 4 atom stereocenters. The molecule has 1 heterocycles. The highest BCUT2D eigenvalue weighted by molar-refractivity contribution is 5.95. The number of ether oxygens (including phenoxy) is 1. The first-order valence-electron chi connectivity index (χ1n) is 17.9. The number of halogens is 1. The van der Waals surface area contributed by atoms with Gasteiger partial charge in [0.1, 0.15) is 35.6 Å². The van der Waals surface area contributed by atoms with Gasteiger partial charge in [0.25, 0.3) is 0 Å². The first kappa shape index (κ1) is 39.7. The zero-order valence-corrected chi connectivity index (χ0v) is 29.7. The fraction of sp³-hybridized carbons (Fsp3) is 0.694. The number of benzene rings is 1. The van der Waals surface area contributed by atoms with E-state index in [1.54, 1.807) is 32.9 Å². The fourth-order valence-corrected chi connectivity index (χ4v) is 6.45. The van der Waals surface area contributed by atoms with E-state index in [0.717, 1.165) is 57.8 Å².